The molecule has 15 heavy (non-hydrogen) atoms. The smallest absolute Gasteiger partial charge is 0.317 e. The van der Waals surface area contributed by atoms with Gasteiger partial charge in [-0.05, 0) is 25.3 Å². The van der Waals surface area contributed by atoms with Gasteiger partial charge in [0.1, 0.15) is 0 Å². The van der Waals surface area contributed by atoms with E-state index in [1.165, 1.54) is 12.8 Å². The molecule has 0 bridgehead atoms. The summed E-state index contributed by atoms with van der Waals surface area (Å²) in [5.41, 5.74) is 0. The van der Waals surface area contributed by atoms with Crippen molar-refractivity contribution in [1.82, 2.24) is 10.2 Å². The average Bonchev–Trinajstić information content (AvgIpc) is 2.53. The van der Waals surface area contributed by atoms with E-state index in [9.17, 15) is 4.79 Å². The summed E-state index contributed by atoms with van der Waals surface area (Å²) in [5.74, 6) is -0.209. The molecule has 2 N–H and O–H groups in total. The molecule has 0 aromatic carbocycles. The molecule has 1 fully saturated rings. The Morgan fingerprint density at radius 3 is 2.80 bits per heavy atom. The number of hydrogen-bond acceptors (Lipinski definition) is 3. The highest BCUT2D eigenvalue weighted by atomic mass is 16.4. The second kappa shape index (κ2) is 6.08. The summed E-state index contributed by atoms with van der Waals surface area (Å²) in [6.45, 7) is 7.21. The maximum absolute atomic E-state index is 10.7. The Balaban J connectivity index is 2.36. The van der Waals surface area contributed by atoms with Crippen LogP contribution in [0.3, 0.4) is 0 Å². The Bertz CT molecular complexity index is 201. The van der Waals surface area contributed by atoms with Gasteiger partial charge in [-0.3, -0.25) is 9.69 Å². The number of nitrogens with one attached hydrogen (secondary N) is 1. The molecule has 1 rings (SSSR count). The normalized spacial score (nSPS) is 21.5. The average molecular weight is 214 g/mol. The number of nitrogens with zero attached hydrogens (tertiary/aromatic N) is 1. The zero-order chi connectivity index (χ0) is 11.3. The number of rotatable bonds is 6. The Hall–Kier alpha value is -0.610. The summed E-state index contributed by atoms with van der Waals surface area (Å²) in [4.78, 5) is 12.7. The molecule has 1 heterocycles. The van der Waals surface area contributed by atoms with Crippen molar-refractivity contribution < 1.29 is 9.90 Å². The molecule has 1 aliphatic heterocycles. The fourth-order valence-electron chi connectivity index (χ4n) is 2.14. The van der Waals surface area contributed by atoms with Crippen LogP contribution in [0, 0.1) is 5.92 Å². The van der Waals surface area contributed by atoms with Crippen LogP contribution in [0.1, 0.15) is 26.7 Å². The van der Waals surface area contributed by atoms with Crippen molar-refractivity contribution in [2.24, 2.45) is 5.92 Å². The Labute approximate surface area is 91.6 Å². The molecule has 0 radical (unpaired) electrons. The summed E-state index contributed by atoms with van der Waals surface area (Å²) in [6, 6.07) is 0.489. The summed E-state index contributed by atoms with van der Waals surface area (Å²) in [7, 11) is 0. The van der Waals surface area contributed by atoms with E-state index in [1.54, 1.807) is 0 Å². The molecule has 1 saturated heterocycles. The highest BCUT2D eigenvalue weighted by molar-refractivity contribution is 5.69. The minimum absolute atomic E-state index is 0.163. The topological polar surface area (TPSA) is 52.6 Å². The Kier molecular flexibility index (Phi) is 5.05. The molecule has 0 spiro atoms. The summed E-state index contributed by atoms with van der Waals surface area (Å²) in [5, 5.41) is 12.2. The lowest BCUT2D eigenvalue weighted by Gasteiger charge is -2.25. The quantitative estimate of drug-likeness (QED) is 0.686. The first-order valence-corrected chi connectivity index (χ1v) is 5.75. The first-order chi connectivity index (χ1) is 7.08. The maximum Gasteiger partial charge on any atom is 0.317 e. The van der Waals surface area contributed by atoms with Gasteiger partial charge in [0.25, 0.3) is 0 Å². The highest BCUT2D eigenvalue weighted by Gasteiger charge is 2.19. The van der Waals surface area contributed by atoms with Crippen LogP contribution in [0.25, 0.3) is 0 Å². The van der Waals surface area contributed by atoms with Gasteiger partial charge in [-0.2, -0.15) is 0 Å². The van der Waals surface area contributed by atoms with Gasteiger partial charge in [-0.25, -0.2) is 0 Å². The predicted molar refractivity (Wildman–Crippen MR) is 59.9 cm³/mol. The fourth-order valence-corrected chi connectivity index (χ4v) is 2.14. The predicted octanol–water partition coefficient (Wildman–Crippen LogP) is 0.781. The van der Waals surface area contributed by atoms with Crippen molar-refractivity contribution in [3.63, 3.8) is 0 Å². The van der Waals surface area contributed by atoms with Crippen molar-refractivity contribution >= 4 is 5.97 Å². The van der Waals surface area contributed by atoms with Gasteiger partial charge >= 0.3 is 5.97 Å². The second-order valence-corrected chi connectivity index (χ2v) is 4.77. The van der Waals surface area contributed by atoms with Crippen molar-refractivity contribution in [3.05, 3.63) is 0 Å². The molecule has 4 heteroatoms. The number of carbonyl (C=O) groups is 1. The lowest BCUT2D eigenvalue weighted by Crippen LogP contribution is -2.41. The summed E-state index contributed by atoms with van der Waals surface area (Å²) in [6.07, 6.45) is 2.39. The van der Waals surface area contributed by atoms with E-state index >= 15 is 0 Å². The van der Waals surface area contributed by atoms with Gasteiger partial charge in [0.15, 0.2) is 0 Å². The van der Waals surface area contributed by atoms with Crippen LogP contribution in [-0.4, -0.2) is 48.2 Å². The maximum atomic E-state index is 10.7. The molecule has 0 aromatic heterocycles. The molecule has 88 valence electrons. The van der Waals surface area contributed by atoms with Crippen LogP contribution in [-0.2, 0) is 4.79 Å². The van der Waals surface area contributed by atoms with Gasteiger partial charge in [-0.15, -0.1) is 0 Å². The minimum Gasteiger partial charge on any atom is -0.480 e. The molecule has 1 unspecified atom stereocenters. The van der Waals surface area contributed by atoms with Gasteiger partial charge in [-0.1, -0.05) is 13.8 Å². The van der Waals surface area contributed by atoms with Crippen LogP contribution in [0.2, 0.25) is 0 Å². The molecular formula is C11H22N2O2. The number of carboxylic acid groups (broad SMARTS) is 1. The van der Waals surface area contributed by atoms with Gasteiger partial charge < -0.3 is 10.4 Å². The van der Waals surface area contributed by atoms with E-state index in [-0.39, 0.29) is 6.54 Å². The van der Waals surface area contributed by atoms with Crippen LogP contribution >= 0.6 is 0 Å². The van der Waals surface area contributed by atoms with E-state index in [0.29, 0.717) is 12.0 Å². The number of hydrogen-bond donors (Lipinski definition) is 2. The molecule has 4 nitrogen and oxygen atoms in total. The standard InChI is InChI=1S/C11H22N2O2/c1-9(2)6-13(8-11(14)15)7-10-4-3-5-12-10/h9-10,12H,3-8H2,1-2H3,(H,14,15). The van der Waals surface area contributed by atoms with E-state index in [1.807, 2.05) is 4.90 Å². The lowest BCUT2D eigenvalue weighted by atomic mass is 10.1. The SMILES string of the molecule is CC(C)CN(CC(=O)O)CC1CCCN1. The molecule has 0 amide bonds. The van der Waals surface area contributed by atoms with E-state index in [0.717, 1.165) is 19.6 Å². The van der Waals surface area contributed by atoms with Gasteiger partial charge in [0.2, 0.25) is 0 Å². The zero-order valence-corrected chi connectivity index (χ0v) is 9.70. The Morgan fingerprint density at radius 2 is 2.33 bits per heavy atom. The van der Waals surface area contributed by atoms with E-state index in [4.69, 9.17) is 5.11 Å². The first-order valence-electron chi connectivity index (χ1n) is 5.75. The van der Waals surface area contributed by atoms with Crippen molar-refractivity contribution in [3.8, 4) is 0 Å². The summed E-state index contributed by atoms with van der Waals surface area (Å²) >= 11 is 0. The molecule has 0 aromatic rings. The zero-order valence-electron chi connectivity index (χ0n) is 9.70. The largest absolute Gasteiger partial charge is 0.480 e. The fraction of sp³-hybridized carbons (Fsp3) is 0.909. The van der Waals surface area contributed by atoms with Gasteiger partial charge in [0.05, 0.1) is 6.54 Å². The molecule has 0 saturated carbocycles. The lowest BCUT2D eigenvalue weighted by molar-refractivity contribution is -0.138. The van der Waals surface area contributed by atoms with Crippen molar-refractivity contribution in [2.45, 2.75) is 32.7 Å². The van der Waals surface area contributed by atoms with Crippen molar-refractivity contribution in [2.75, 3.05) is 26.2 Å². The van der Waals surface area contributed by atoms with E-state index in [2.05, 4.69) is 19.2 Å². The number of aliphatic carboxylic acids is 1. The third-order valence-electron chi connectivity index (χ3n) is 2.62. The highest BCUT2D eigenvalue weighted by Crippen LogP contribution is 2.08. The molecular weight excluding hydrogens is 192 g/mol. The van der Waals surface area contributed by atoms with Gasteiger partial charge in [0, 0.05) is 19.1 Å². The van der Waals surface area contributed by atoms with Crippen LogP contribution < -0.4 is 5.32 Å². The second-order valence-electron chi connectivity index (χ2n) is 4.77. The van der Waals surface area contributed by atoms with E-state index < -0.39 is 5.97 Å². The third-order valence-corrected chi connectivity index (χ3v) is 2.62. The molecule has 1 aliphatic rings. The summed E-state index contributed by atoms with van der Waals surface area (Å²) < 4.78 is 0. The van der Waals surface area contributed by atoms with Crippen LogP contribution in [0.15, 0.2) is 0 Å². The minimum atomic E-state index is -0.728. The van der Waals surface area contributed by atoms with Crippen LogP contribution in [0.4, 0.5) is 0 Å². The number of carboxylic acids is 1. The van der Waals surface area contributed by atoms with Crippen molar-refractivity contribution in [1.29, 1.82) is 0 Å². The monoisotopic (exact) mass is 214 g/mol. The third kappa shape index (κ3) is 5.14. The molecule has 0 aliphatic carbocycles. The first kappa shape index (κ1) is 12.5. The van der Waals surface area contributed by atoms with Crippen LogP contribution in [0.5, 0.6) is 0 Å². The molecule has 1 atom stereocenters. The Morgan fingerprint density at radius 1 is 1.60 bits per heavy atom.